The smallest absolute Gasteiger partial charge is 0.198 e. The molecule has 1 aromatic carbocycles. The molecular formula is C16H15N3O. The summed E-state index contributed by atoms with van der Waals surface area (Å²) in [5, 5.41) is 5.28. The lowest BCUT2D eigenvalue weighted by Gasteiger charge is -2.05. The van der Waals surface area contributed by atoms with E-state index < -0.39 is 0 Å². The third-order valence-electron chi connectivity index (χ3n) is 3.61. The van der Waals surface area contributed by atoms with Crippen LogP contribution in [0.5, 0.6) is 0 Å². The predicted octanol–water partition coefficient (Wildman–Crippen LogP) is 2.82. The highest BCUT2D eigenvalue weighted by Gasteiger charge is 2.20. The first kappa shape index (κ1) is 12.5. The van der Waals surface area contributed by atoms with Gasteiger partial charge in [-0.25, -0.2) is 0 Å². The summed E-state index contributed by atoms with van der Waals surface area (Å²) in [6.07, 6.45) is 1.71. The SMILES string of the molecule is Cc1nn(C)c(C)c1C(=O)c1cccc2cccnc12. The van der Waals surface area contributed by atoms with Gasteiger partial charge in [0, 0.05) is 29.9 Å². The Hall–Kier alpha value is -2.49. The summed E-state index contributed by atoms with van der Waals surface area (Å²) in [5.74, 6) is -0.0163. The molecule has 2 heterocycles. The van der Waals surface area contributed by atoms with Crippen LogP contribution in [0.1, 0.15) is 27.3 Å². The molecule has 2 aromatic heterocycles. The monoisotopic (exact) mass is 265 g/mol. The van der Waals surface area contributed by atoms with Gasteiger partial charge in [-0.05, 0) is 26.0 Å². The third-order valence-corrected chi connectivity index (χ3v) is 3.61. The van der Waals surface area contributed by atoms with Gasteiger partial charge in [0.25, 0.3) is 0 Å². The van der Waals surface area contributed by atoms with Crippen molar-refractivity contribution in [1.82, 2.24) is 14.8 Å². The second-order valence-corrected chi connectivity index (χ2v) is 4.88. The summed E-state index contributed by atoms with van der Waals surface area (Å²) in [6, 6.07) is 9.50. The van der Waals surface area contributed by atoms with E-state index in [0.717, 1.165) is 22.3 Å². The number of pyridine rings is 1. The number of hydrogen-bond acceptors (Lipinski definition) is 3. The normalized spacial score (nSPS) is 10.9. The minimum atomic E-state index is -0.0163. The van der Waals surface area contributed by atoms with E-state index in [1.165, 1.54) is 0 Å². The van der Waals surface area contributed by atoms with Crippen LogP contribution in [0, 0.1) is 13.8 Å². The van der Waals surface area contributed by atoms with Crippen molar-refractivity contribution in [1.29, 1.82) is 0 Å². The third kappa shape index (κ3) is 1.81. The molecule has 4 nitrogen and oxygen atoms in total. The minimum Gasteiger partial charge on any atom is -0.288 e. The Morgan fingerprint density at radius 1 is 1.15 bits per heavy atom. The largest absolute Gasteiger partial charge is 0.288 e. The van der Waals surface area contributed by atoms with Crippen LogP contribution in [0.3, 0.4) is 0 Å². The second kappa shape index (κ2) is 4.56. The Bertz CT molecular complexity index is 812. The molecule has 0 amide bonds. The fourth-order valence-corrected chi connectivity index (χ4v) is 2.52. The van der Waals surface area contributed by atoms with Gasteiger partial charge in [0.15, 0.2) is 5.78 Å². The Balaban J connectivity index is 2.23. The Kier molecular flexibility index (Phi) is 2.86. The molecule has 0 aliphatic rings. The van der Waals surface area contributed by atoms with Crippen LogP contribution < -0.4 is 0 Å². The molecule has 0 N–H and O–H groups in total. The zero-order valence-electron chi connectivity index (χ0n) is 11.7. The van der Waals surface area contributed by atoms with E-state index in [1.807, 2.05) is 51.2 Å². The van der Waals surface area contributed by atoms with E-state index >= 15 is 0 Å². The van der Waals surface area contributed by atoms with Crippen LogP contribution in [-0.4, -0.2) is 20.5 Å². The molecule has 4 heteroatoms. The summed E-state index contributed by atoms with van der Waals surface area (Å²) in [4.78, 5) is 17.2. The number of aromatic nitrogens is 3. The van der Waals surface area contributed by atoms with Crippen molar-refractivity contribution in [2.24, 2.45) is 7.05 Å². The van der Waals surface area contributed by atoms with Crippen LogP contribution >= 0.6 is 0 Å². The highest BCUT2D eigenvalue weighted by Crippen LogP contribution is 2.22. The van der Waals surface area contributed by atoms with Gasteiger partial charge in [0.05, 0.1) is 16.8 Å². The molecule has 0 aliphatic heterocycles. The maximum absolute atomic E-state index is 12.8. The Morgan fingerprint density at radius 2 is 1.90 bits per heavy atom. The van der Waals surface area contributed by atoms with Crippen molar-refractivity contribution in [3.8, 4) is 0 Å². The first-order valence-corrected chi connectivity index (χ1v) is 6.48. The van der Waals surface area contributed by atoms with Crippen LogP contribution in [0.2, 0.25) is 0 Å². The number of carbonyl (C=O) groups excluding carboxylic acids is 1. The molecule has 0 unspecified atom stereocenters. The number of ketones is 1. The van der Waals surface area contributed by atoms with Crippen molar-refractivity contribution >= 4 is 16.7 Å². The van der Waals surface area contributed by atoms with Gasteiger partial charge in [0.1, 0.15) is 0 Å². The van der Waals surface area contributed by atoms with Crippen molar-refractivity contribution < 1.29 is 4.79 Å². The van der Waals surface area contributed by atoms with E-state index in [1.54, 1.807) is 10.9 Å². The number of benzene rings is 1. The lowest BCUT2D eigenvalue weighted by Crippen LogP contribution is -2.06. The molecule has 20 heavy (non-hydrogen) atoms. The summed E-state index contributed by atoms with van der Waals surface area (Å²) in [5.41, 5.74) is 3.67. The lowest BCUT2D eigenvalue weighted by atomic mass is 9.99. The van der Waals surface area contributed by atoms with Gasteiger partial charge >= 0.3 is 0 Å². The summed E-state index contributed by atoms with van der Waals surface area (Å²) >= 11 is 0. The quantitative estimate of drug-likeness (QED) is 0.669. The Labute approximate surface area is 117 Å². The first-order chi connectivity index (χ1) is 9.59. The number of nitrogens with zero attached hydrogens (tertiary/aromatic N) is 3. The van der Waals surface area contributed by atoms with Gasteiger partial charge in [-0.2, -0.15) is 5.10 Å². The lowest BCUT2D eigenvalue weighted by molar-refractivity contribution is 0.103. The molecular weight excluding hydrogens is 250 g/mol. The molecule has 0 aliphatic carbocycles. The number of aryl methyl sites for hydroxylation is 2. The van der Waals surface area contributed by atoms with Crippen molar-refractivity contribution in [2.75, 3.05) is 0 Å². The van der Waals surface area contributed by atoms with Crippen LogP contribution in [0.4, 0.5) is 0 Å². The number of carbonyl (C=O) groups is 1. The molecule has 100 valence electrons. The molecule has 3 aromatic rings. The molecule has 0 saturated carbocycles. The van der Waals surface area contributed by atoms with Crippen LogP contribution in [0.25, 0.3) is 10.9 Å². The zero-order valence-corrected chi connectivity index (χ0v) is 11.7. The van der Waals surface area contributed by atoms with E-state index in [-0.39, 0.29) is 5.78 Å². The number of rotatable bonds is 2. The highest BCUT2D eigenvalue weighted by molar-refractivity contribution is 6.16. The fraction of sp³-hybridized carbons (Fsp3) is 0.188. The maximum Gasteiger partial charge on any atom is 0.198 e. The molecule has 0 bridgehead atoms. The van der Waals surface area contributed by atoms with Crippen molar-refractivity contribution in [3.05, 3.63) is 59.0 Å². The van der Waals surface area contributed by atoms with Crippen molar-refractivity contribution in [2.45, 2.75) is 13.8 Å². The molecule has 0 saturated heterocycles. The first-order valence-electron chi connectivity index (χ1n) is 6.48. The van der Waals surface area contributed by atoms with Crippen molar-refractivity contribution in [3.63, 3.8) is 0 Å². The molecule has 0 radical (unpaired) electrons. The van der Waals surface area contributed by atoms with Gasteiger partial charge in [-0.1, -0.05) is 18.2 Å². The topological polar surface area (TPSA) is 47.8 Å². The predicted molar refractivity (Wildman–Crippen MR) is 77.9 cm³/mol. The summed E-state index contributed by atoms with van der Waals surface area (Å²) in [6.45, 7) is 3.77. The summed E-state index contributed by atoms with van der Waals surface area (Å²) < 4.78 is 1.74. The summed E-state index contributed by atoms with van der Waals surface area (Å²) in [7, 11) is 1.85. The van der Waals surface area contributed by atoms with E-state index in [9.17, 15) is 4.79 Å². The maximum atomic E-state index is 12.8. The Morgan fingerprint density at radius 3 is 2.60 bits per heavy atom. The number of fused-ring (bicyclic) bond motifs is 1. The van der Waals surface area contributed by atoms with E-state index in [4.69, 9.17) is 0 Å². The van der Waals surface area contributed by atoms with E-state index in [2.05, 4.69) is 10.1 Å². The second-order valence-electron chi connectivity index (χ2n) is 4.88. The van der Waals surface area contributed by atoms with Gasteiger partial charge < -0.3 is 0 Å². The molecule has 0 fully saturated rings. The van der Waals surface area contributed by atoms with Crippen LogP contribution in [-0.2, 0) is 7.05 Å². The average Bonchev–Trinajstić information content (AvgIpc) is 2.71. The fourth-order valence-electron chi connectivity index (χ4n) is 2.52. The highest BCUT2D eigenvalue weighted by atomic mass is 16.1. The van der Waals surface area contributed by atoms with Gasteiger partial charge in [-0.15, -0.1) is 0 Å². The number of hydrogen-bond donors (Lipinski definition) is 0. The van der Waals surface area contributed by atoms with E-state index in [0.29, 0.717) is 11.1 Å². The molecule has 0 spiro atoms. The van der Waals surface area contributed by atoms with Gasteiger partial charge in [0.2, 0.25) is 0 Å². The van der Waals surface area contributed by atoms with Gasteiger partial charge in [-0.3, -0.25) is 14.5 Å². The minimum absolute atomic E-state index is 0.0163. The average molecular weight is 265 g/mol. The molecule has 3 rings (SSSR count). The molecule has 0 atom stereocenters. The number of para-hydroxylation sites is 1. The zero-order chi connectivity index (χ0) is 14.3. The van der Waals surface area contributed by atoms with Crippen LogP contribution in [0.15, 0.2) is 36.5 Å². The standard InChI is InChI=1S/C16H15N3O/c1-10-14(11(2)19(3)18-10)16(20)13-8-4-6-12-7-5-9-17-15(12)13/h4-9H,1-3H3.